The topological polar surface area (TPSA) is 12.0 Å². The maximum Gasteiger partial charge on any atom is 0.416 e. The lowest BCUT2D eigenvalue weighted by molar-refractivity contribution is -0.138. The summed E-state index contributed by atoms with van der Waals surface area (Å²) in [6.07, 6.45) is -1.39. The smallest absolute Gasteiger partial charge is 0.317 e. The fourth-order valence-electron chi connectivity index (χ4n) is 2.52. The van der Waals surface area contributed by atoms with E-state index in [2.05, 4.69) is 5.32 Å². The number of alkyl halides is 3. The second-order valence-corrected chi connectivity index (χ2v) is 5.04. The Hall–Kier alpha value is -1.03. The first-order valence-corrected chi connectivity index (χ1v) is 6.34. The van der Waals surface area contributed by atoms with Gasteiger partial charge in [0, 0.05) is 0 Å². The molecule has 1 fully saturated rings. The Morgan fingerprint density at radius 2 is 1.89 bits per heavy atom. The van der Waals surface area contributed by atoms with Crippen LogP contribution in [0, 0.1) is 12.8 Å². The Kier molecular flexibility index (Phi) is 3.95. The van der Waals surface area contributed by atoms with Crippen molar-refractivity contribution in [1.82, 2.24) is 5.32 Å². The molecular formula is C14H18F3N. The van der Waals surface area contributed by atoms with E-state index in [1.807, 2.05) is 6.07 Å². The van der Waals surface area contributed by atoms with Gasteiger partial charge >= 0.3 is 6.18 Å². The average Bonchev–Trinajstić information content (AvgIpc) is 2.31. The highest BCUT2D eigenvalue weighted by Crippen LogP contribution is 2.33. The lowest BCUT2D eigenvalue weighted by atomic mass is 9.90. The number of rotatable bonds is 2. The van der Waals surface area contributed by atoms with Crippen LogP contribution in [0.4, 0.5) is 13.2 Å². The molecule has 1 aliphatic rings. The molecule has 1 heterocycles. The summed E-state index contributed by atoms with van der Waals surface area (Å²) in [7, 11) is 0. The second kappa shape index (κ2) is 5.31. The molecule has 1 saturated heterocycles. The van der Waals surface area contributed by atoms with Crippen LogP contribution >= 0.6 is 0 Å². The van der Waals surface area contributed by atoms with Crippen molar-refractivity contribution >= 4 is 0 Å². The molecule has 0 aliphatic carbocycles. The number of halogens is 3. The molecule has 0 saturated carbocycles. The Morgan fingerprint density at radius 3 is 2.50 bits per heavy atom. The molecule has 2 rings (SSSR count). The number of nitrogens with one attached hydrogen (secondary N) is 1. The molecule has 0 aromatic heterocycles. The standard InChI is InChI=1S/C14H18F3N/c1-10-2-3-12(9-13(10)14(15,16)17)8-11-4-6-18-7-5-11/h2-3,9,11,18H,4-8H2,1H3. The van der Waals surface area contributed by atoms with Crippen molar-refractivity contribution in [3.8, 4) is 0 Å². The Bertz CT molecular complexity index is 406. The molecule has 0 bridgehead atoms. The van der Waals surface area contributed by atoms with Gasteiger partial charge in [0.25, 0.3) is 0 Å². The zero-order valence-corrected chi connectivity index (χ0v) is 10.5. The molecule has 18 heavy (non-hydrogen) atoms. The molecule has 1 aromatic carbocycles. The minimum Gasteiger partial charge on any atom is -0.317 e. The number of hydrogen-bond acceptors (Lipinski definition) is 1. The fraction of sp³-hybridized carbons (Fsp3) is 0.571. The number of hydrogen-bond donors (Lipinski definition) is 1. The Balaban J connectivity index is 2.14. The predicted octanol–water partition coefficient (Wildman–Crippen LogP) is 3.56. The molecule has 0 atom stereocenters. The highest BCUT2D eigenvalue weighted by atomic mass is 19.4. The summed E-state index contributed by atoms with van der Waals surface area (Å²) in [6.45, 7) is 3.46. The third kappa shape index (κ3) is 3.25. The van der Waals surface area contributed by atoms with Crippen LogP contribution in [-0.4, -0.2) is 13.1 Å². The van der Waals surface area contributed by atoms with E-state index in [1.165, 1.54) is 13.0 Å². The van der Waals surface area contributed by atoms with Crippen LogP contribution in [0.5, 0.6) is 0 Å². The molecule has 4 heteroatoms. The first kappa shape index (κ1) is 13.4. The summed E-state index contributed by atoms with van der Waals surface area (Å²) in [5, 5.41) is 3.27. The molecule has 1 nitrogen and oxygen atoms in total. The summed E-state index contributed by atoms with van der Waals surface area (Å²) in [5.41, 5.74) is 0.616. The molecule has 0 radical (unpaired) electrons. The minimum atomic E-state index is -4.24. The van der Waals surface area contributed by atoms with Gasteiger partial charge in [0.2, 0.25) is 0 Å². The molecule has 0 unspecified atom stereocenters. The first-order chi connectivity index (χ1) is 8.47. The number of benzene rings is 1. The van der Waals surface area contributed by atoms with Crippen LogP contribution in [0.25, 0.3) is 0 Å². The number of piperidine rings is 1. The largest absolute Gasteiger partial charge is 0.416 e. The summed E-state index contributed by atoms with van der Waals surface area (Å²) in [4.78, 5) is 0. The van der Waals surface area contributed by atoms with Gasteiger partial charge in [-0.1, -0.05) is 12.1 Å². The van der Waals surface area contributed by atoms with Crippen LogP contribution in [0.3, 0.4) is 0 Å². The first-order valence-electron chi connectivity index (χ1n) is 6.34. The third-order valence-electron chi connectivity index (χ3n) is 3.59. The van der Waals surface area contributed by atoms with Gasteiger partial charge in [0.05, 0.1) is 5.56 Å². The second-order valence-electron chi connectivity index (χ2n) is 5.04. The zero-order chi connectivity index (χ0) is 13.2. The number of aryl methyl sites for hydroxylation is 1. The van der Waals surface area contributed by atoms with Crippen molar-refractivity contribution in [2.45, 2.75) is 32.4 Å². The summed E-state index contributed by atoms with van der Waals surface area (Å²) in [6, 6.07) is 4.73. The van der Waals surface area contributed by atoms with Crippen LogP contribution in [0.15, 0.2) is 18.2 Å². The molecule has 0 spiro atoms. The molecule has 1 aliphatic heterocycles. The van der Waals surface area contributed by atoms with Gasteiger partial charge in [-0.25, -0.2) is 0 Å². The normalized spacial score (nSPS) is 18.0. The highest BCUT2D eigenvalue weighted by Gasteiger charge is 2.32. The minimum absolute atomic E-state index is 0.302. The van der Waals surface area contributed by atoms with Gasteiger partial charge in [0.15, 0.2) is 0 Å². The summed E-state index contributed by atoms with van der Waals surface area (Å²) >= 11 is 0. The quantitative estimate of drug-likeness (QED) is 0.854. The van der Waals surface area contributed by atoms with E-state index in [1.54, 1.807) is 6.07 Å². The predicted molar refractivity (Wildman–Crippen MR) is 65.5 cm³/mol. The van der Waals surface area contributed by atoms with Gasteiger partial charge in [-0.2, -0.15) is 13.2 Å². The van der Waals surface area contributed by atoms with E-state index < -0.39 is 11.7 Å². The van der Waals surface area contributed by atoms with Crippen molar-refractivity contribution in [3.05, 3.63) is 34.9 Å². The van der Waals surface area contributed by atoms with Gasteiger partial charge in [0.1, 0.15) is 0 Å². The third-order valence-corrected chi connectivity index (χ3v) is 3.59. The molecule has 100 valence electrons. The monoisotopic (exact) mass is 257 g/mol. The van der Waals surface area contributed by atoms with Crippen LogP contribution in [-0.2, 0) is 12.6 Å². The van der Waals surface area contributed by atoms with E-state index in [4.69, 9.17) is 0 Å². The molecule has 1 aromatic rings. The van der Waals surface area contributed by atoms with Gasteiger partial charge in [-0.05, 0) is 62.4 Å². The maximum atomic E-state index is 12.8. The van der Waals surface area contributed by atoms with E-state index in [-0.39, 0.29) is 0 Å². The fourth-order valence-corrected chi connectivity index (χ4v) is 2.52. The van der Waals surface area contributed by atoms with E-state index >= 15 is 0 Å². The molecule has 0 amide bonds. The zero-order valence-electron chi connectivity index (χ0n) is 10.5. The van der Waals surface area contributed by atoms with Crippen molar-refractivity contribution in [3.63, 3.8) is 0 Å². The maximum absolute atomic E-state index is 12.8. The Labute approximate surface area is 105 Å². The highest BCUT2D eigenvalue weighted by molar-refractivity contribution is 5.33. The molecular weight excluding hydrogens is 239 g/mol. The Morgan fingerprint density at radius 1 is 1.22 bits per heavy atom. The average molecular weight is 257 g/mol. The summed E-state index contributed by atoms with van der Waals surface area (Å²) < 4.78 is 38.4. The van der Waals surface area contributed by atoms with Crippen molar-refractivity contribution in [1.29, 1.82) is 0 Å². The van der Waals surface area contributed by atoms with Crippen molar-refractivity contribution in [2.75, 3.05) is 13.1 Å². The van der Waals surface area contributed by atoms with E-state index in [0.717, 1.165) is 37.9 Å². The lowest BCUT2D eigenvalue weighted by Gasteiger charge is -2.23. The van der Waals surface area contributed by atoms with Gasteiger partial charge in [-0.15, -0.1) is 0 Å². The molecule has 1 N–H and O–H groups in total. The van der Waals surface area contributed by atoms with Crippen LogP contribution in [0.1, 0.15) is 29.5 Å². The SMILES string of the molecule is Cc1ccc(CC2CCNCC2)cc1C(F)(F)F. The van der Waals surface area contributed by atoms with Gasteiger partial charge in [-0.3, -0.25) is 0 Å². The lowest BCUT2D eigenvalue weighted by Crippen LogP contribution is -2.28. The summed E-state index contributed by atoms with van der Waals surface area (Å²) in [5.74, 6) is 0.509. The van der Waals surface area contributed by atoms with Gasteiger partial charge < -0.3 is 5.32 Å². The van der Waals surface area contributed by atoms with Crippen molar-refractivity contribution < 1.29 is 13.2 Å². The van der Waals surface area contributed by atoms with Crippen LogP contribution in [0.2, 0.25) is 0 Å². The van der Waals surface area contributed by atoms with Crippen molar-refractivity contribution in [2.24, 2.45) is 5.92 Å². The van der Waals surface area contributed by atoms with E-state index in [0.29, 0.717) is 11.5 Å². The van der Waals surface area contributed by atoms with Crippen LogP contribution < -0.4 is 5.32 Å². The van der Waals surface area contributed by atoms with E-state index in [9.17, 15) is 13.2 Å².